The Morgan fingerprint density at radius 2 is 1.93 bits per heavy atom. The van der Waals surface area contributed by atoms with Crippen molar-refractivity contribution in [2.45, 2.75) is 43.9 Å². The van der Waals surface area contributed by atoms with Gasteiger partial charge in [0.05, 0.1) is 0 Å². The van der Waals surface area contributed by atoms with Gasteiger partial charge in [-0.1, -0.05) is 6.08 Å². The molecule has 8 nitrogen and oxygen atoms in total. The number of rotatable bonds is 7. The lowest BCUT2D eigenvalue weighted by atomic mass is 10.3. The first-order valence-electron chi connectivity index (χ1n) is 9.67. The molecule has 1 aliphatic heterocycles. The number of sulfonamides is 1. The molecule has 0 radical (unpaired) electrons. The van der Waals surface area contributed by atoms with E-state index in [0.29, 0.717) is 19.6 Å². The first-order chi connectivity index (χ1) is 13.3. The third kappa shape index (κ3) is 4.15. The van der Waals surface area contributed by atoms with Crippen molar-refractivity contribution in [3.8, 4) is 0 Å². The molecule has 1 saturated heterocycles. The van der Waals surface area contributed by atoms with E-state index in [1.54, 1.807) is 11.9 Å². The van der Waals surface area contributed by atoms with E-state index >= 15 is 0 Å². The zero-order chi connectivity index (χ0) is 20.3. The number of nitrogens with zero attached hydrogens (tertiary/aromatic N) is 3. The fourth-order valence-corrected chi connectivity index (χ4v) is 5.26. The summed E-state index contributed by atoms with van der Waals surface area (Å²) < 4.78 is 33.3. The van der Waals surface area contributed by atoms with Crippen molar-refractivity contribution >= 4 is 21.9 Å². The van der Waals surface area contributed by atoms with Crippen LogP contribution in [0.4, 0.5) is 0 Å². The molecule has 0 aromatic carbocycles. The second kappa shape index (κ2) is 8.48. The second-order valence-electron chi connectivity index (χ2n) is 7.08. The number of aryl methyl sites for hydroxylation is 1. The highest BCUT2D eigenvalue weighted by atomic mass is 32.2. The Hall–Kier alpha value is -2.13. The average molecular weight is 410 g/mol. The largest absolute Gasteiger partial charge is 0.451 e. The van der Waals surface area contributed by atoms with Crippen molar-refractivity contribution in [2.75, 3.05) is 26.2 Å². The maximum Gasteiger partial charge on any atom is 0.355 e. The molecular formula is C19H27N3O5S. The summed E-state index contributed by atoms with van der Waals surface area (Å²) in [4.78, 5) is 26.6. The zero-order valence-electron chi connectivity index (χ0n) is 16.4. The zero-order valence-corrected chi connectivity index (χ0v) is 17.2. The summed E-state index contributed by atoms with van der Waals surface area (Å²) in [7, 11) is -2.03. The number of likely N-dealkylation sites (N-methyl/N-ethyl adjacent to an activating group) is 1. The van der Waals surface area contributed by atoms with Crippen molar-refractivity contribution in [3.63, 3.8) is 0 Å². The number of carbonyl (C=O) groups is 2. The van der Waals surface area contributed by atoms with Crippen LogP contribution in [0.3, 0.4) is 0 Å². The third-order valence-corrected chi connectivity index (χ3v) is 7.06. The predicted molar refractivity (Wildman–Crippen MR) is 103 cm³/mol. The van der Waals surface area contributed by atoms with Crippen LogP contribution in [0.2, 0.25) is 0 Å². The Labute approximate surface area is 165 Å². The van der Waals surface area contributed by atoms with Gasteiger partial charge in [0.1, 0.15) is 10.6 Å². The van der Waals surface area contributed by atoms with Crippen LogP contribution >= 0.6 is 0 Å². The number of hydrogen-bond acceptors (Lipinski definition) is 5. The molecular weight excluding hydrogens is 382 g/mol. The number of carbonyl (C=O) groups excluding carboxylic acids is 2. The standard InChI is InChI=1S/C19H27N3O5S/c1-3-22(15-8-4-5-9-15)18(23)14-27-19(24)17-12-16(13-20(17)2)28(25,26)21-10-6-7-11-21/h8,12-13H,3-7,9-11,14H2,1-2H3. The number of esters is 1. The molecule has 1 aromatic heterocycles. The van der Waals surface area contributed by atoms with Crippen LogP contribution in [-0.4, -0.2) is 60.3 Å². The average Bonchev–Trinajstić information content (AvgIpc) is 3.41. The lowest BCUT2D eigenvalue weighted by molar-refractivity contribution is -0.132. The fraction of sp³-hybridized carbons (Fsp3) is 0.579. The van der Waals surface area contributed by atoms with Gasteiger partial charge < -0.3 is 14.2 Å². The Morgan fingerprint density at radius 1 is 1.21 bits per heavy atom. The van der Waals surface area contributed by atoms with Crippen molar-refractivity contribution < 1.29 is 22.7 Å². The van der Waals surface area contributed by atoms with E-state index in [-0.39, 0.29) is 23.1 Å². The van der Waals surface area contributed by atoms with E-state index in [1.165, 1.54) is 21.1 Å². The smallest absolute Gasteiger partial charge is 0.355 e. The van der Waals surface area contributed by atoms with Gasteiger partial charge in [0.15, 0.2) is 6.61 Å². The van der Waals surface area contributed by atoms with Gasteiger partial charge in [0.25, 0.3) is 5.91 Å². The Bertz CT molecular complexity index is 881. The second-order valence-corrected chi connectivity index (χ2v) is 9.02. The van der Waals surface area contributed by atoms with Crippen LogP contribution < -0.4 is 0 Å². The monoisotopic (exact) mass is 409 g/mol. The summed E-state index contributed by atoms with van der Waals surface area (Å²) in [6.45, 7) is 3.02. The van der Waals surface area contributed by atoms with Gasteiger partial charge in [0, 0.05) is 38.6 Å². The van der Waals surface area contributed by atoms with Gasteiger partial charge in [-0.25, -0.2) is 13.2 Å². The summed E-state index contributed by atoms with van der Waals surface area (Å²) in [6.07, 6.45) is 7.96. The minimum atomic E-state index is -3.61. The van der Waals surface area contributed by atoms with Crippen molar-refractivity contribution in [1.82, 2.24) is 13.8 Å². The molecule has 0 bridgehead atoms. The molecule has 154 valence electrons. The van der Waals surface area contributed by atoms with Crippen LogP contribution in [0.15, 0.2) is 28.9 Å². The van der Waals surface area contributed by atoms with Gasteiger partial charge in [0.2, 0.25) is 10.0 Å². The summed E-state index contributed by atoms with van der Waals surface area (Å²) in [5.41, 5.74) is 1.08. The van der Waals surface area contributed by atoms with E-state index in [9.17, 15) is 18.0 Å². The molecule has 28 heavy (non-hydrogen) atoms. The topological polar surface area (TPSA) is 88.9 Å². The molecule has 0 N–H and O–H groups in total. The number of ether oxygens (including phenoxy) is 1. The maximum absolute atomic E-state index is 12.7. The molecule has 0 spiro atoms. The lowest BCUT2D eigenvalue weighted by Gasteiger charge is -2.22. The predicted octanol–water partition coefficient (Wildman–Crippen LogP) is 1.88. The maximum atomic E-state index is 12.7. The third-order valence-electron chi connectivity index (χ3n) is 5.20. The number of hydrogen-bond donors (Lipinski definition) is 0. The Balaban J connectivity index is 1.66. The molecule has 2 aliphatic rings. The van der Waals surface area contributed by atoms with E-state index in [1.807, 2.05) is 13.0 Å². The van der Waals surface area contributed by atoms with Gasteiger partial charge >= 0.3 is 5.97 Å². The summed E-state index contributed by atoms with van der Waals surface area (Å²) in [6, 6.07) is 1.32. The minimum absolute atomic E-state index is 0.0708. The van der Waals surface area contributed by atoms with E-state index in [4.69, 9.17) is 4.74 Å². The van der Waals surface area contributed by atoms with Gasteiger partial charge in [-0.15, -0.1) is 0 Å². The summed E-state index contributed by atoms with van der Waals surface area (Å²) in [5, 5.41) is 0. The highest BCUT2D eigenvalue weighted by molar-refractivity contribution is 7.89. The molecule has 0 saturated carbocycles. The number of amides is 1. The van der Waals surface area contributed by atoms with Gasteiger partial charge in [-0.05, 0) is 45.1 Å². The van der Waals surface area contributed by atoms with Crippen molar-refractivity contribution in [2.24, 2.45) is 7.05 Å². The first-order valence-corrected chi connectivity index (χ1v) is 11.1. The molecule has 0 atom stereocenters. The van der Waals surface area contributed by atoms with Gasteiger partial charge in [-0.3, -0.25) is 4.79 Å². The quantitative estimate of drug-likeness (QED) is 0.642. The fourth-order valence-electron chi connectivity index (χ4n) is 3.67. The van der Waals surface area contributed by atoms with Crippen LogP contribution in [0.25, 0.3) is 0 Å². The van der Waals surface area contributed by atoms with Crippen molar-refractivity contribution in [3.05, 3.63) is 29.7 Å². The molecule has 1 amide bonds. The van der Waals surface area contributed by atoms with Crippen LogP contribution in [-0.2, 0) is 26.6 Å². The molecule has 1 aromatic rings. The highest BCUT2D eigenvalue weighted by Gasteiger charge is 2.30. The molecule has 1 aliphatic carbocycles. The first kappa shape index (κ1) is 20.6. The summed E-state index contributed by atoms with van der Waals surface area (Å²) >= 11 is 0. The SMILES string of the molecule is CCN(C(=O)COC(=O)c1cc(S(=O)(=O)N2CCCC2)cn1C)C1=CCCC1. The van der Waals surface area contributed by atoms with Crippen molar-refractivity contribution in [1.29, 1.82) is 0 Å². The summed E-state index contributed by atoms with van der Waals surface area (Å²) in [5.74, 6) is -0.988. The lowest BCUT2D eigenvalue weighted by Crippen LogP contribution is -2.33. The number of allylic oxidation sites excluding steroid dienone is 2. The van der Waals surface area contributed by atoms with E-state index < -0.39 is 16.0 Å². The van der Waals surface area contributed by atoms with Crippen LogP contribution in [0.5, 0.6) is 0 Å². The number of aromatic nitrogens is 1. The Morgan fingerprint density at radius 3 is 2.54 bits per heavy atom. The molecule has 3 rings (SSSR count). The van der Waals surface area contributed by atoms with Crippen LogP contribution in [0, 0.1) is 0 Å². The van der Waals surface area contributed by atoms with Gasteiger partial charge in [-0.2, -0.15) is 4.31 Å². The molecule has 0 unspecified atom stereocenters. The normalized spacial score (nSPS) is 17.6. The van der Waals surface area contributed by atoms with Crippen LogP contribution in [0.1, 0.15) is 49.5 Å². The molecule has 1 fully saturated rings. The Kier molecular flexibility index (Phi) is 6.24. The van der Waals surface area contributed by atoms with E-state index in [2.05, 4.69) is 0 Å². The molecule has 9 heteroatoms. The highest BCUT2D eigenvalue weighted by Crippen LogP contribution is 2.23. The molecule has 2 heterocycles. The minimum Gasteiger partial charge on any atom is -0.451 e. The van der Waals surface area contributed by atoms with E-state index in [0.717, 1.165) is 37.8 Å².